The van der Waals surface area contributed by atoms with E-state index in [1.807, 2.05) is 42.5 Å². The number of aryl methyl sites for hydroxylation is 1. The van der Waals surface area contributed by atoms with Crippen molar-refractivity contribution < 1.29 is 14.3 Å². The van der Waals surface area contributed by atoms with E-state index in [2.05, 4.69) is 10.3 Å². The van der Waals surface area contributed by atoms with Gasteiger partial charge in [-0.25, -0.2) is 4.79 Å². The van der Waals surface area contributed by atoms with E-state index in [1.165, 1.54) is 0 Å². The van der Waals surface area contributed by atoms with Crippen molar-refractivity contribution in [1.82, 2.24) is 10.3 Å². The number of nitrogen functional groups attached to an aromatic ring is 1. The molecule has 1 heterocycles. The lowest BCUT2D eigenvalue weighted by Crippen LogP contribution is -2.23. The average molecular weight is 389 g/mol. The fraction of sp³-hybridized carbons (Fsp3) is 0.174. The van der Waals surface area contributed by atoms with E-state index < -0.39 is 6.09 Å². The Morgan fingerprint density at radius 1 is 0.966 bits per heavy atom. The Kier molecular flexibility index (Phi) is 6.95. The largest absolute Gasteiger partial charge is 0.445 e. The minimum Gasteiger partial charge on any atom is -0.445 e. The van der Waals surface area contributed by atoms with Crippen LogP contribution in [0.1, 0.15) is 33.5 Å². The number of carbonyl (C=O) groups is 2. The molecule has 0 saturated carbocycles. The summed E-state index contributed by atoms with van der Waals surface area (Å²) < 4.78 is 5.14. The van der Waals surface area contributed by atoms with Crippen molar-refractivity contribution in [3.8, 4) is 0 Å². The number of benzene rings is 2. The Labute approximate surface area is 169 Å². The Morgan fingerprint density at radius 3 is 2.48 bits per heavy atom. The van der Waals surface area contributed by atoms with Crippen molar-refractivity contribution in [1.29, 1.82) is 0 Å². The first-order valence-electron chi connectivity index (χ1n) is 9.37. The smallest absolute Gasteiger partial charge is 0.407 e. The van der Waals surface area contributed by atoms with Crippen molar-refractivity contribution in [3.63, 3.8) is 0 Å². The molecule has 0 unspecified atom stereocenters. The summed E-state index contributed by atoms with van der Waals surface area (Å²) in [6.45, 7) is 0.486. The summed E-state index contributed by atoms with van der Waals surface area (Å²) in [5.41, 5.74) is 9.95. The zero-order valence-electron chi connectivity index (χ0n) is 16.0. The molecule has 0 aliphatic rings. The summed E-state index contributed by atoms with van der Waals surface area (Å²) in [4.78, 5) is 28.2. The van der Waals surface area contributed by atoms with Gasteiger partial charge in [0.25, 0.3) is 0 Å². The van der Waals surface area contributed by atoms with Crippen LogP contribution in [0.25, 0.3) is 0 Å². The molecule has 0 aliphatic carbocycles. The molecule has 3 aromatic rings. The summed E-state index contributed by atoms with van der Waals surface area (Å²) in [5.74, 6) is 0.0589. The van der Waals surface area contributed by atoms with Gasteiger partial charge in [0.05, 0.1) is 0 Å². The second-order valence-electron chi connectivity index (χ2n) is 6.61. The maximum Gasteiger partial charge on any atom is 0.407 e. The first-order chi connectivity index (χ1) is 14.1. The lowest BCUT2D eigenvalue weighted by Gasteiger charge is -2.08. The highest BCUT2D eigenvalue weighted by Gasteiger charge is 2.08. The maximum absolute atomic E-state index is 12.4. The number of anilines is 1. The minimum absolute atomic E-state index is 0.0589. The van der Waals surface area contributed by atoms with Gasteiger partial charge in [-0.1, -0.05) is 48.5 Å². The van der Waals surface area contributed by atoms with Gasteiger partial charge in [-0.2, -0.15) is 0 Å². The zero-order chi connectivity index (χ0) is 20.5. The maximum atomic E-state index is 12.4. The summed E-state index contributed by atoms with van der Waals surface area (Å²) in [5, 5.41) is 2.69. The molecule has 1 aromatic heterocycles. The number of alkyl carbamates (subject to hydrolysis) is 1. The molecule has 0 spiro atoms. The molecule has 6 nitrogen and oxygen atoms in total. The van der Waals surface area contributed by atoms with Crippen molar-refractivity contribution >= 4 is 17.6 Å². The first-order valence-corrected chi connectivity index (χ1v) is 9.37. The molecule has 0 bridgehead atoms. The van der Waals surface area contributed by atoms with Gasteiger partial charge in [0, 0.05) is 42.2 Å². The number of rotatable bonds is 8. The highest BCUT2D eigenvalue weighted by Crippen LogP contribution is 2.15. The Hall–Kier alpha value is -3.67. The summed E-state index contributed by atoms with van der Waals surface area (Å²) in [6.07, 6.45) is 3.81. The minimum atomic E-state index is -0.505. The number of nitrogens with zero attached hydrogens (tertiary/aromatic N) is 1. The van der Waals surface area contributed by atoms with Crippen LogP contribution in [0.2, 0.25) is 0 Å². The monoisotopic (exact) mass is 389 g/mol. The SMILES string of the molecule is Nc1ccccc1CCC(=O)c1ccc(CNC(=O)OCc2cccnc2)cc1. The van der Waals surface area contributed by atoms with Gasteiger partial charge in [0.2, 0.25) is 0 Å². The Morgan fingerprint density at radius 2 is 1.76 bits per heavy atom. The number of hydrogen-bond acceptors (Lipinski definition) is 5. The predicted octanol–water partition coefficient (Wildman–Crippen LogP) is 3.91. The second-order valence-corrected chi connectivity index (χ2v) is 6.61. The number of nitrogens with one attached hydrogen (secondary N) is 1. The normalized spacial score (nSPS) is 10.3. The highest BCUT2D eigenvalue weighted by atomic mass is 16.5. The van der Waals surface area contributed by atoms with E-state index in [-0.39, 0.29) is 12.4 Å². The van der Waals surface area contributed by atoms with E-state index in [0.717, 1.165) is 16.7 Å². The number of Topliss-reactive ketones (excluding diaryl/α,β-unsaturated/α-hetero) is 1. The third-order valence-corrected chi connectivity index (χ3v) is 4.48. The van der Waals surface area contributed by atoms with Crippen LogP contribution < -0.4 is 11.1 Å². The number of ketones is 1. The van der Waals surface area contributed by atoms with Crippen LogP contribution in [0.5, 0.6) is 0 Å². The van der Waals surface area contributed by atoms with Crippen LogP contribution in [-0.4, -0.2) is 16.9 Å². The topological polar surface area (TPSA) is 94.3 Å². The van der Waals surface area contributed by atoms with E-state index in [0.29, 0.717) is 30.6 Å². The lowest BCUT2D eigenvalue weighted by molar-refractivity contribution is 0.0982. The van der Waals surface area contributed by atoms with Gasteiger partial charge in [0.15, 0.2) is 5.78 Å². The first kappa shape index (κ1) is 20.1. The number of ether oxygens (including phenoxy) is 1. The molecule has 0 atom stereocenters. The molecular formula is C23H23N3O3. The predicted molar refractivity (Wildman–Crippen MR) is 111 cm³/mol. The van der Waals surface area contributed by atoms with Crippen LogP contribution in [-0.2, 0) is 24.3 Å². The average Bonchev–Trinajstić information content (AvgIpc) is 2.76. The fourth-order valence-electron chi connectivity index (χ4n) is 2.82. The number of amides is 1. The molecule has 0 aliphatic heterocycles. The third kappa shape index (κ3) is 6.17. The van der Waals surface area contributed by atoms with Crippen molar-refractivity contribution in [2.24, 2.45) is 0 Å². The number of carbonyl (C=O) groups excluding carboxylic acids is 2. The molecule has 0 saturated heterocycles. The molecular weight excluding hydrogens is 366 g/mol. The van der Waals surface area contributed by atoms with Gasteiger partial charge in [-0.3, -0.25) is 9.78 Å². The Balaban J connectivity index is 1.44. The van der Waals surface area contributed by atoms with Gasteiger partial charge in [-0.15, -0.1) is 0 Å². The zero-order valence-corrected chi connectivity index (χ0v) is 16.0. The van der Waals surface area contributed by atoms with Crippen LogP contribution in [0.15, 0.2) is 73.1 Å². The van der Waals surface area contributed by atoms with Crippen molar-refractivity contribution in [2.75, 3.05) is 5.73 Å². The number of hydrogen-bond donors (Lipinski definition) is 2. The van der Waals surface area contributed by atoms with Crippen LogP contribution in [0.4, 0.5) is 10.5 Å². The van der Waals surface area contributed by atoms with Gasteiger partial charge in [-0.05, 0) is 29.7 Å². The molecule has 1 amide bonds. The number of pyridine rings is 1. The molecule has 0 radical (unpaired) electrons. The van der Waals surface area contributed by atoms with Crippen molar-refractivity contribution in [3.05, 3.63) is 95.3 Å². The van der Waals surface area contributed by atoms with E-state index >= 15 is 0 Å². The molecule has 29 heavy (non-hydrogen) atoms. The van der Waals surface area contributed by atoms with E-state index in [4.69, 9.17) is 10.5 Å². The van der Waals surface area contributed by atoms with Gasteiger partial charge < -0.3 is 15.8 Å². The fourth-order valence-corrected chi connectivity index (χ4v) is 2.82. The number of aromatic nitrogens is 1. The third-order valence-electron chi connectivity index (χ3n) is 4.48. The molecule has 2 aromatic carbocycles. The van der Waals surface area contributed by atoms with Crippen LogP contribution in [0, 0.1) is 0 Å². The number of para-hydroxylation sites is 1. The quantitative estimate of drug-likeness (QED) is 0.450. The molecule has 3 N–H and O–H groups in total. The van der Waals surface area contributed by atoms with Crippen LogP contribution >= 0.6 is 0 Å². The van der Waals surface area contributed by atoms with Crippen molar-refractivity contribution in [2.45, 2.75) is 26.0 Å². The Bertz CT molecular complexity index is 957. The molecule has 148 valence electrons. The molecule has 6 heteroatoms. The number of nitrogens with two attached hydrogens (primary N) is 1. The van der Waals surface area contributed by atoms with Gasteiger partial charge >= 0.3 is 6.09 Å². The van der Waals surface area contributed by atoms with E-state index in [1.54, 1.807) is 30.6 Å². The highest BCUT2D eigenvalue weighted by molar-refractivity contribution is 5.96. The van der Waals surface area contributed by atoms with Gasteiger partial charge in [0.1, 0.15) is 6.61 Å². The molecule has 3 rings (SSSR count). The summed E-state index contributed by atoms with van der Waals surface area (Å²) >= 11 is 0. The lowest BCUT2D eigenvalue weighted by atomic mass is 10.0. The van der Waals surface area contributed by atoms with E-state index in [9.17, 15) is 9.59 Å². The van der Waals surface area contributed by atoms with Crippen LogP contribution in [0.3, 0.4) is 0 Å². The summed E-state index contributed by atoms with van der Waals surface area (Å²) in [7, 11) is 0. The second kappa shape index (κ2) is 10.0. The summed E-state index contributed by atoms with van der Waals surface area (Å²) in [6, 6.07) is 18.4. The molecule has 0 fully saturated rings. The standard InChI is InChI=1S/C23H23N3O3/c24-21-6-2-1-5-19(21)11-12-22(27)20-9-7-17(8-10-20)15-26-23(28)29-16-18-4-3-13-25-14-18/h1-10,13-14H,11-12,15-16,24H2,(H,26,28).